The fourth-order valence-electron chi connectivity index (χ4n) is 2.11. The van der Waals surface area contributed by atoms with Crippen LogP contribution in [0.5, 0.6) is 0 Å². The van der Waals surface area contributed by atoms with Crippen molar-refractivity contribution in [3.05, 3.63) is 53.2 Å². The van der Waals surface area contributed by atoms with E-state index in [9.17, 15) is 8.42 Å². The van der Waals surface area contributed by atoms with Crippen LogP contribution in [-0.4, -0.2) is 19.2 Å². The molecule has 4 nitrogen and oxygen atoms in total. The average molecular weight is 383 g/mol. The van der Waals surface area contributed by atoms with Crippen LogP contribution in [0.25, 0.3) is 10.2 Å². The minimum absolute atomic E-state index is 0.255. The molecule has 0 bridgehead atoms. The van der Waals surface area contributed by atoms with Crippen molar-refractivity contribution in [2.45, 2.75) is 15.6 Å². The van der Waals surface area contributed by atoms with E-state index in [0.717, 1.165) is 15.1 Å². The molecular weight excluding hydrogens is 368 g/mol. The van der Waals surface area contributed by atoms with Crippen LogP contribution in [-0.2, 0) is 16.6 Å². The number of allylic oxidation sites excluding steroid dienone is 1. The first-order valence-corrected chi connectivity index (χ1v) is 11.0. The number of thiophene rings is 1. The van der Waals surface area contributed by atoms with Gasteiger partial charge in [-0.25, -0.2) is 0 Å². The lowest BCUT2D eigenvalue weighted by atomic mass is 10.3. The first kappa shape index (κ1) is 16.5. The molecular formula is C15H14N2O2S4. The molecule has 0 fully saturated rings. The lowest BCUT2D eigenvalue weighted by Crippen LogP contribution is -2.16. The molecule has 3 rings (SSSR count). The van der Waals surface area contributed by atoms with Crippen molar-refractivity contribution in [2.24, 2.45) is 4.40 Å². The Morgan fingerprint density at radius 1 is 1.39 bits per heavy atom. The van der Waals surface area contributed by atoms with E-state index in [1.807, 2.05) is 23.0 Å². The maximum Gasteiger partial charge on any atom is 0.294 e. The Kier molecular flexibility index (Phi) is 4.77. The number of nitrogens with zero attached hydrogens (tertiary/aromatic N) is 2. The van der Waals surface area contributed by atoms with E-state index in [-0.39, 0.29) is 4.21 Å². The SMILES string of the molecule is C=CCn1c(=NS(=O)(=O)c2cccs2)sc2cc(SC)ccc21. The van der Waals surface area contributed by atoms with Crippen LogP contribution in [0.4, 0.5) is 0 Å². The third-order valence-corrected chi connectivity index (χ3v) is 7.67. The quantitative estimate of drug-likeness (QED) is 0.496. The predicted molar refractivity (Wildman–Crippen MR) is 98.9 cm³/mol. The molecule has 0 N–H and O–H groups in total. The summed E-state index contributed by atoms with van der Waals surface area (Å²) in [6.45, 7) is 4.27. The van der Waals surface area contributed by atoms with Crippen molar-refractivity contribution in [1.29, 1.82) is 0 Å². The zero-order chi connectivity index (χ0) is 16.4. The van der Waals surface area contributed by atoms with E-state index in [1.54, 1.807) is 35.4 Å². The minimum Gasteiger partial charge on any atom is -0.312 e. The second kappa shape index (κ2) is 6.64. The normalized spacial score (nSPS) is 12.8. The monoisotopic (exact) mass is 382 g/mol. The van der Waals surface area contributed by atoms with Crippen molar-refractivity contribution >= 4 is 54.7 Å². The van der Waals surface area contributed by atoms with Crippen LogP contribution in [0.2, 0.25) is 0 Å². The molecule has 3 aromatic rings. The van der Waals surface area contributed by atoms with Gasteiger partial charge in [0.05, 0.1) is 10.2 Å². The van der Waals surface area contributed by atoms with Gasteiger partial charge in [0, 0.05) is 11.4 Å². The molecule has 0 aliphatic rings. The largest absolute Gasteiger partial charge is 0.312 e. The van der Waals surface area contributed by atoms with Gasteiger partial charge in [-0.15, -0.1) is 34.1 Å². The summed E-state index contributed by atoms with van der Waals surface area (Å²) in [6, 6.07) is 9.36. The third-order valence-electron chi connectivity index (χ3n) is 3.15. The molecule has 0 aliphatic heterocycles. The number of fused-ring (bicyclic) bond motifs is 1. The molecule has 1 aromatic carbocycles. The number of rotatable bonds is 5. The molecule has 120 valence electrons. The fraction of sp³-hybridized carbons (Fsp3) is 0.133. The number of hydrogen-bond acceptors (Lipinski definition) is 5. The maximum atomic E-state index is 12.4. The minimum atomic E-state index is -3.68. The predicted octanol–water partition coefficient (Wildman–Crippen LogP) is 3.96. The summed E-state index contributed by atoms with van der Waals surface area (Å²) in [5.41, 5.74) is 0.966. The van der Waals surface area contributed by atoms with E-state index in [4.69, 9.17) is 0 Å². The molecule has 0 spiro atoms. The second-order valence-corrected chi connectivity index (χ2v) is 9.28. The Balaban J connectivity index is 2.25. The fourth-order valence-corrected chi connectivity index (χ4v) is 5.88. The summed E-state index contributed by atoms with van der Waals surface area (Å²) >= 11 is 4.20. The van der Waals surface area contributed by atoms with Crippen LogP contribution in [0.15, 0.2) is 61.9 Å². The van der Waals surface area contributed by atoms with E-state index < -0.39 is 10.0 Å². The molecule has 2 aromatic heterocycles. The van der Waals surface area contributed by atoms with Crippen molar-refractivity contribution in [3.63, 3.8) is 0 Å². The highest BCUT2D eigenvalue weighted by Crippen LogP contribution is 2.25. The topological polar surface area (TPSA) is 51.4 Å². The van der Waals surface area contributed by atoms with Gasteiger partial charge in [0.25, 0.3) is 10.0 Å². The van der Waals surface area contributed by atoms with Crippen LogP contribution >= 0.6 is 34.4 Å². The highest BCUT2D eigenvalue weighted by Gasteiger charge is 2.15. The highest BCUT2D eigenvalue weighted by atomic mass is 32.2. The summed E-state index contributed by atoms with van der Waals surface area (Å²) in [5.74, 6) is 0. The van der Waals surface area contributed by atoms with Crippen LogP contribution < -0.4 is 4.80 Å². The zero-order valence-electron chi connectivity index (χ0n) is 12.3. The van der Waals surface area contributed by atoms with Gasteiger partial charge < -0.3 is 4.57 Å². The molecule has 0 unspecified atom stereocenters. The van der Waals surface area contributed by atoms with Gasteiger partial charge in [0.1, 0.15) is 4.21 Å². The summed E-state index contributed by atoms with van der Waals surface area (Å²) in [6.07, 6.45) is 3.75. The van der Waals surface area contributed by atoms with E-state index in [2.05, 4.69) is 17.0 Å². The molecule has 2 heterocycles. The lowest BCUT2D eigenvalue weighted by Gasteiger charge is -2.01. The van der Waals surface area contributed by atoms with Crippen molar-refractivity contribution < 1.29 is 8.42 Å². The summed E-state index contributed by atoms with van der Waals surface area (Å²) in [4.78, 5) is 1.60. The van der Waals surface area contributed by atoms with Crippen LogP contribution in [0.3, 0.4) is 0 Å². The average Bonchev–Trinajstić information content (AvgIpc) is 3.16. The summed E-state index contributed by atoms with van der Waals surface area (Å²) in [7, 11) is -3.68. The first-order chi connectivity index (χ1) is 11.0. The Morgan fingerprint density at radius 3 is 2.87 bits per heavy atom. The molecule has 23 heavy (non-hydrogen) atoms. The Labute approximate surface area is 146 Å². The summed E-state index contributed by atoms with van der Waals surface area (Å²) in [5, 5.41) is 1.73. The van der Waals surface area contributed by atoms with Gasteiger partial charge >= 0.3 is 0 Å². The Bertz CT molecular complexity index is 1010. The number of thiazole rings is 1. The van der Waals surface area contributed by atoms with Crippen LogP contribution in [0, 0.1) is 0 Å². The standard InChI is InChI=1S/C15H14N2O2S4/c1-3-8-17-12-7-6-11(20-2)10-13(12)22-15(17)16-23(18,19)14-5-4-9-21-14/h3-7,9-10H,1,8H2,2H3. The van der Waals surface area contributed by atoms with Gasteiger partial charge in [-0.1, -0.05) is 23.5 Å². The number of sulfonamides is 1. The van der Waals surface area contributed by atoms with E-state index in [1.165, 1.54) is 22.7 Å². The maximum absolute atomic E-state index is 12.4. The van der Waals surface area contributed by atoms with E-state index in [0.29, 0.717) is 11.3 Å². The van der Waals surface area contributed by atoms with Crippen molar-refractivity contribution in [1.82, 2.24) is 4.57 Å². The molecule has 0 saturated carbocycles. The second-order valence-electron chi connectivity index (χ2n) is 4.62. The molecule has 0 aliphatic carbocycles. The number of hydrogen-bond donors (Lipinski definition) is 0. The van der Waals surface area contributed by atoms with Gasteiger partial charge in [-0.05, 0) is 35.9 Å². The van der Waals surface area contributed by atoms with E-state index >= 15 is 0 Å². The highest BCUT2D eigenvalue weighted by molar-refractivity contribution is 7.98. The van der Waals surface area contributed by atoms with Gasteiger partial charge in [-0.2, -0.15) is 8.42 Å². The van der Waals surface area contributed by atoms with Gasteiger partial charge in [0.2, 0.25) is 4.80 Å². The van der Waals surface area contributed by atoms with Crippen molar-refractivity contribution in [3.8, 4) is 0 Å². The van der Waals surface area contributed by atoms with Crippen LogP contribution in [0.1, 0.15) is 0 Å². The third kappa shape index (κ3) is 3.30. The smallest absolute Gasteiger partial charge is 0.294 e. The molecule has 0 radical (unpaired) electrons. The molecule has 8 heteroatoms. The summed E-state index contributed by atoms with van der Waals surface area (Å²) < 4.78 is 32.1. The molecule has 0 atom stereocenters. The molecule has 0 amide bonds. The number of benzene rings is 1. The molecule has 0 saturated heterocycles. The zero-order valence-corrected chi connectivity index (χ0v) is 15.6. The van der Waals surface area contributed by atoms with Gasteiger partial charge in [-0.3, -0.25) is 0 Å². The number of thioether (sulfide) groups is 1. The lowest BCUT2D eigenvalue weighted by molar-refractivity contribution is 0.598. The first-order valence-electron chi connectivity index (χ1n) is 6.68. The number of aromatic nitrogens is 1. The van der Waals surface area contributed by atoms with Crippen molar-refractivity contribution in [2.75, 3.05) is 6.26 Å². The van der Waals surface area contributed by atoms with Gasteiger partial charge in [0.15, 0.2) is 0 Å². The Hall–Kier alpha value is -1.35. The Morgan fingerprint density at radius 2 is 2.22 bits per heavy atom.